The van der Waals surface area contributed by atoms with Crippen LogP contribution >= 0.6 is 0 Å². The van der Waals surface area contributed by atoms with E-state index in [9.17, 15) is 14.7 Å². The van der Waals surface area contributed by atoms with E-state index in [1.807, 2.05) is 0 Å². The molecule has 3 amide bonds. The summed E-state index contributed by atoms with van der Waals surface area (Å²) in [7, 11) is 3.26. The highest BCUT2D eigenvalue weighted by molar-refractivity contribution is 5.83. The SMILES string of the molecule is CN(C)C(=O)NCCNC(=O)C(C)(C)O. The molecule has 0 saturated carbocycles. The predicted octanol–water partition coefficient (Wildman–Crippen LogP) is -0.855. The van der Waals surface area contributed by atoms with Crippen molar-refractivity contribution in [2.24, 2.45) is 0 Å². The largest absolute Gasteiger partial charge is 0.381 e. The number of nitrogens with one attached hydrogen (secondary N) is 2. The molecule has 0 atom stereocenters. The smallest absolute Gasteiger partial charge is 0.316 e. The molecule has 15 heavy (non-hydrogen) atoms. The maximum absolute atomic E-state index is 11.2. The van der Waals surface area contributed by atoms with Crippen molar-refractivity contribution in [1.29, 1.82) is 0 Å². The predicted molar refractivity (Wildman–Crippen MR) is 56.4 cm³/mol. The lowest BCUT2D eigenvalue weighted by Crippen LogP contribution is -2.45. The molecule has 0 rings (SSSR count). The summed E-state index contributed by atoms with van der Waals surface area (Å²) in [5, 5.41) is 14.3. The first kappa shape index (κ1) is 13.7. The van der Waals surface area contributed by atoms with Crippen LogP contribution in [-0.2, 0) is 4.79 Å². The fourth-order valence-electron chi connectivity index (χ4n) is 0.720. The highest BCUT2D eigenvalue weighted by Crippen LogP contribution is 1.98. The highest BCUT2D eigenvalue weighted by atomic mass is 16.3. The van der Waals surface area contributed by atoms with Gasteiger partial charge in [0.2, 0.25) is 0 Å². The van der Waals surface area contributed by atoms with E-state index in [0.717, 1.165) is 0 Å². The van der Waals surface area contributed by atoms with Gasteiger partial charge < -0.3 is 20.6 Å². The topological polar surface area (TPSA) is 81.7 Å². The third kappa shape index (κ3) is 5.90. The summed E-state index contributed by atoms with van der Waals surface area (Å²) >= 11 is 0. The molecule has 6 heteroatoms. The highest BCUT2D eigenvalue weighted by Gasteiger charge is 2.22. The van der Waals surface area contributed by atoms with Crippen molar-refractivity contribution < 1.29 is 14.7 Å². The second-order valence-corrected chi connectivity index (χ2v) is 3.94. The lowest BCUT2D eigenvalue weighted by molar-refractivity contribution is -0.136. The van der Waals surface area contributed by atoms with Gasteiger partial charge in [0, 0.05) is 27.2 Å². The average molecular weight is 217 g/mol. The van der Waals surface area contributed by atoms with Gasteiger partial charge >= 0.3 is 6.03 Å². The molecule has 88 valence electrons. The monoisotopic (exact) mass is 217 g/mol. The minimum Gasteiger partial charge on any atom is -0.381 e. The molecule has 0 aliphatic heterocycles. The second kappa shape index (κ2) is 5.55. The third-order valence-corrected chi connectivity index (χ3v) is 1.65. The molecule has 6 nitrogen and oxygen atoms in total. The van der Waals surface area contributed by atoms with Crippen LogP contribution in [0.5, 0.6) is 0 Å². The van der Waals surface area contributed by atoms with Crippen molar-refractivity contribution in [3.63, 3.8) is 0 Å². The Bertz CT molecular complexity index is 233. The number of aliphatic hydroxyl groups is 1. The van der Waals surface area contributed by atoms with Crippen molar-refractivity contribution in [1.82, 2.24) is 15.5 Å². The maximum atomic E-state index is 11.2. The third-order valence-electron chi connectivity index (χ3n) is 1.65. The van der Waals surface area contributed by atoms with Gasteiger partial charge in [-0.3, -0.25) is 4.79 Å². The molecule has 0 aromatic rings. The van der Waals surface area contributed by atoms with Gasteiger partial charge in [0.1, 0.15) is 5.60 Å². The first-order valence-corrected chi connectivity index (χ1v) is 4.71. The average Bonchev–Trinajstić information content (AvgIpc) is 2.09. The van der Waals surface area contributed by atoms with Crippen LogP contribution in [0, 0.1) is 0 Å². The zero-order chi connectivity index (χ0) is 12.1. The molecule has 0 saturated heterocycles. The maximum Gasteiger partial charge on any atom is 0.316 e. The first-order chi connectivity index (χ1) is 6.75. The fourth-order valence-corrected chi connectivity index (χ4v) is 0.720. The van der Waals surface area contributed by atoms with Gasteiger partial charge in [0.05, 0.1) is 0 Å². The van der Waals surface area contributed by atoms with Crippen LogP contribution in [0.25, 0.3) is 0 Å². The van der Waals surface area contributed by atoms with E-state index in [0.29, 0.717) is 13.1 Å². The van der Waals surface area contributed by atoms with Crippen LogP contribution in [0.4, 0.5) is 4.79 Å². The molecule has 0 unspecified atom stereocenters. The van der Waals surface area contributed by atoms with Crippen LogP contribution < -0.4 is 10.6 Å². The van der Waals surface area contributed by atoms with Crippen LogP contribution in [0.3, 0.4) is 0 Å². The van der Waals surface area contributed by atoms with Crippen LogP contribution in [0.15, 0.2) is 0 Å². The normalized spacial score (nSPS) is 10.7. The molecule has 3 N–H and O–H groups in total. The molecule has 0 aromatic heterocycles. The van der Waals surface area contributed by atoms with E-state index >= 15 is 0 Å². The molecule has 0 aliphatic rings. The van der Waals surface area contributed by atoms with Gasteiger partial charge in [-0.25, -0.2) is 4.79 Å². The Morgan fingerprint density at radius 3 is 2.07 bits per heavy atom. The van der Waals surface area contributed by atoms with Gasteiger partial charge in [-0.05, 0) is 13.8 Å². The molecule has 0 aliphatic carbocycles. The number of hydrogen-bond acceptors (Lipinski definition) is 3. The summed E-state index contributed by atoms with van der Waals surface area (Å²) in [5.41, 5.74) is -1.38. The quantitative estimate of drug-likeness (QED) is 0.536. The second-order valence-electron chi connectivity index (χ2n) is 3.94. The Kier molecular flexibility index (Phi) is 5.07. The Morgan fingerprint density at radius 2 is 1.67 bits per heavy atom. The summed E-state index contributed by atoms with van der Waals surface area (Å²) in [6, 6.07) is -0.215. The molecule has 0 fully saturated rings. The van der Waals surface area contributed by atoms with E-state index in [1.54, 1.807) is 14.1 Å². The summed E-state index contributed by atoms with van der Waals surface area (Å²) in [6.07, 6.45) is 0. The van der Waals surface area contributed by atoms with E-state index in [1.165, 1.54) is 18.7 Å². The number of nitrogens with zero attached hydrogens (tertiary/aromatic N) is 1. The Balaban J connectivity index is 3.65. The molecule has 0 bridgehead atoms. The Labute approximate surface area is 89.6 Å². The summed E-state index contributed by atoms with van der Waals surface area (Å²) in [5.74, 6) is -0.457. The van der Waals surface area contributed by atoms with E-state index in [-0.39, 0.29) is 6.03 Å². The molecule has 0 heterocycles. The summed E-state index contributed by atoms with van der Waals surface area (Å²) in [6.45, 7) is 3.43. The van der Waals surface area contributed by atoms with Crippen molar-refractivity contribution in [3.05, 3.63) is 0 Å². The number of rotatable bonds is 4. The van der Waals surface area contributed by atoms with Crippen LogP contribution in [-0.4, -0.2) is 54.7 Å². The lowest BCUT2D eigenvalue weighted by atomic mass is 10.1. The van der Waals surface area contributed by atoms with E-state index in [2.05, 4.69) is 10.6 Å². The molecular weight excluding hydrogens is 198 g/mol. The number of carbonyl (C=O) groups is 2. The molecule has 0 spiro atoms. The minimum absolute atomic E-state index is 0.215. The number of carbonyl (C=O) groups excluding carboxylic acids is 2. The van der Waals surface area contributed by atoms with Gasteiger partial charge in [-0.1, -0.05) is 0 Å². The molecular formula is C9H19N3O3. The Hall–Kier alpha value is -1.30. The Morgan fingerprint density at radius 1 is 1.20 bits per heavy atom. The minimum atomic E-state index is -1.38. The van der Waals surface area contributed by atoms with Crippen LogP contribution in [0.1, 0.15) is 13.8 Å². The zero-order valence-corrected chi connectivity index (χ0v) is 9.63. The molecule has 0 aromatic carbocycles. The van der Waals surface area contributed by atoms with Gasteiger partial charge in [-0.2, -0.15) is 0 Å². The summed E-state index contributed by atoms with van der Waals surface area (Å²) < 4.78 is 0. The van der Waals surface area contributed by atoms with Crippen molar-refractivity contribution in [3.8, 4) is 0 Å². The van der Waals surface area contributed by atoms with E-state index < -0.39 is 11.5 Å². The number of hydrogen-bond donors (Lipinski definition) is 3. The number of amides is 3. The zero-order valence-electron chi connectivity index (χ0n) is 9.63. The standard InChI is InChI=1S/C9H19N3O3/c1-9(2,15)7(13)10-5-6-11-8(14)12(3)4/h15H,5-6H2,1-4H3,(H,10,13)(H,11,14). The van der Waals surface area contributed by atoms with Gasteiger partial charge in [0.15, 0.2) is 0 Å². The van der Waals surface area contributed by atoms with E-state index in [4.69, 9.17) is 0 Å². The fraction of sp³-hybridized carbons (Fsp3) is 0.778. The number of urea groups is 1. The van der Waals surface area contributed by atoms with Crippen molar-refractivity contribution >= 4 is 11.9 Å². The van der Waals surface area contributed by atoms with Crippen molar-refractivity contribution in [2.75, 3.05) is 27.2 Å². The van der Waals surface area contributed by atoms with Gasteiger partial charge in [-0.15, -0.1) is 0 Å². The van der Waals surface area contributed by atoms with Crippen LogP contribution in [0.2, 0.25) is 0 Å². The van der Waals surface area contributed by atoms with Gasteiger partial charge in [0.25, 0.3) is 5.91 Å². The lowest BCUT2D eigenvalue weighted by Gasteiger charge is -2.17. The molecule has 0 radical (unpaired) electrons. The summed E-state index contributed by atoms with van der Waals surface area (Å²) in [4.78, 5) is 23.6. The van der Waals surface area contributed by atoms with Crippen molar-refractivity contribution in [2.45, 2.75) is 19.4 Å². The first-order valence-electron chi connectivity index (χ1n) is 4.71.